The van der Waals surface area contributed by atoms with Gasteiger partial charge in [-0.1, -0.05) is 59.8 Å². The van der Waals surface area contributed by atoms with E-state index in [2.05, 4.69) is 21.2 Å². The molecule has 2 aromatic heterocycles. The minimum atomic E-state index is 0.303. The van der Waals surface area contributed by atoms with Crippen LogP contribution in [0.15, 0.2) is 71.4 Å². The fourth-order valence-electron chi connectivity index (χ4n) is 2.41. The molecule has 2 N–H and O–H groups in total. The smallest absolute Gasteiger partial charge is 0.189 e. The van der Waals surface area contributed by atoms with E-state index in [9.17, 15) is 0 Å². The van der Waals surface area contributed by atoms with Crippen molar-refractivity contribution in [2.45, 2.75) is 0 Å². The molecule has 0 unspecified atom stereocenters. The maximum Gasteiger partial charge on any atom is 0.189 e. The molecule has 0 fully saturated rings. The molecule has 1 radical (unpaired) electrons. The maximum atomic E-state index is 5.98. The normalized spacial score (nSPS) is 10.7. The van der Waals surface area contributed by atoms with Crippen LogP contribution in [-0.2, 0) is 0 Å². The number of rotatable bonds is 3. The number of benzene rings is 2. The van der Waals surface area contributed by atoms with Crippen molar-refractivity contribution in [3.8, 4) is 34.0 Å². The Labute approximate surface area is 138 Å². The highest BCUT2D eigenvalue weighted by Crippen LogP contribution is 2.29. The van der Waals surface area contributed by atoms with Crippen molar-refractivity contribution in [1.29, 1.82) is 0 Å². The van der Waals surface area contributed by atoms with Gasteiger partial charge in [0.25, 0.3) is 0 Å². The van der Waals surface area contributed by atoms with Crippen LogP contribution in [-0.4, -0.2) is 15.1 Å². The first kappa shape index (κ1) is 14.1. The molecule has 0 aliphatic carbocycles. The predicted molar refractivity (Wildman–Crippen MR) is 91.6 cm³/mol. The first-order valence-electron chi connectivity index (χ1n) is 7.43. The standard InChI is InChI=1S/C19H13N4O/c20-19-18(22-16(12-21-19)14-9-5-2-6-10-14)17-11-15(23-24-17)13-7-3-1-4-8-13/h1,3-12H,(H2,20,21). The van der Waals surface area contributed by atoms with Crippen molar-refractivity contribution in [2.24, 2.45) is 0 Å². The van der Waals surface area contributed by atoms with Crippen LogP contribution in [0.3, 0.4) is 0 Å². The predicted octanol–water partition coefficient (Wildman–Crippen LogP) is 3.85. The lowest BCUT2D eigenvalue weighted by Gasteiger charge is -2.04. The first-order chi connectivity index (χ1) is 11.8. The monoisotopic (exact) mass is 313 g/mol. The number of nitrogens with two attached hydrogens (primary N) is 1. The SMILES string of the molecule is Nc1ncc(-c2cc[c]cc2)nc1-c1cc(-c2ccccc2)no1. The maximum absolute atomic E-state index is 5.98. The lowest BCUT2D eigenvalue weighted by molar-refractivity contribution is 0.434. The van der Waals surface area contributed by atoms with E-state index in [4.69, 9.17) is 10.3 Å². The highest BCUT2D eigenvalue weighted by Gasteiger charge is 2.15. The molecule has 4 aromatic rings. The molecule has 4 rings (SSSR count). The summed E-state index contributed by atoms with van der Waals surface area (Å²) in [6.07, 6.45) is 1.64. The van der Waals surface area contributed by atoms with Crippen molar-refractivity contribution in [3.05, 3.63) is 72.9 Å². The molecule has 0 saturated carbocycles. The molecule has 0 aliphatic rings. The summed E-state index contributed by atoms with van der Waals surface area (Å²) < 4.78 is 5.44. The quantitative estimate of drug-likeness (QED) is 0.621. The molecule has 0 aliphatic heterocycles. The van der Waals surface area contributed by atoms with Gasteiger partial charge in [0.05, 0.1) is 11.9 Å². The average molecular weight is 313 g/mol. The molecule has 2 heterocycles. The Kier molecular flexibility index (Phi) is 3.51. The van der Waals surface area contributed by atoms with Crippen LogP contribution in [0, 0.1) is 6.07 Å². The van der Waals surface area contributed by atoms with Crippen molar-refractivity contribution >= 4 is 5.82 Å². The van der Waals surface area contributed by atoms with Crippen molar-refractivity contribution in [1.82, 2.24) is 15.1 Å². The third-order valence-electron chi connectivity index (χ3n) is 3.63. The number of hydrogen-bond acceptors (Lipinski definition) is 5. The van der Waals surface area contributed by atoms with Crippen LogP contribution < -0.4 is 5.73 Å². The van der Waals surface area contributed by atoms with E-state index in [0.717, 1.165) is 16.8 Å². The molecule has 0 amide bonds. The summed E-state index contributed by atoms with van der Waals surface area (Å²) in [7, 11) is 0. The largest absolute Gasteiger partial charge is 0.382 e. The number of nitrogen functional groups attached to an aromatic ring is 1. The third kappa shape index (κ3) is 2.63. The molecule has 0 atom stereocenters. The highest BCUT2D eigenvalue weighted by atomic mass is 16.5. The Hall–Kier alpha value is -3.47. The van der Waals surface area contributed by atoms with Gasteiger partial charge in [-0.3, -0.25) is 0 Å². The fourth-order valence-corrected chi connectivity index (χ4v) is 2.41. The zero-order chi connectivity index (χ0) is 16.4. The second-order valence-corrected chi connectivity index (χ2v) is 5.22. The van der Waals surface area contributed by atoms with E-state index in [1.54, 1.807) is 6.20 Å². The Bertz CT molecular complexity index is 965. The van der Waals surface area contributed by atoms with E-state index in [1.807, 2.05) is 60.7 Å². The second-order valence-electron chi connectivity index (χ2n) is 5.22. The molecule has 2 aromatic carbocycles. The topological polar surface area (TPSA) is 77.8 Å². The summed E-state index contributed by atoms with van der Waals surface area (Å²) in [5.41, 5.74) is 9.81. The van der Waals surface area contributed by atoms with Gasteiger partial charge in [-0.15, -0.1) is 0 Å². The summed E-state index contributed by atoms with van der Waals surface area (Å²) in [5.74, 6) is 0.792. The zero-order valence-electron chi connectivity index (χ0n) is 12.7. The van der Waals surface area contributed by atoms with Gasteiger partial charge in [-0.25, -0.2) is 9.97 Å². The number of nitrogens with zero attached hydrogens (tertiary/aromatic N) is 3. The number of aromatic nitrogens is 3. The zero-order valence-corrected chi connectivity index (χ0v) is 12.7. The van der Waals surface area contributed by atoms with Gasteiger partial charge in [0.15, 0.2) is 17.3 Å². The summed E-state index contributed by atoms with van der Waals surface area (Å²) in [6, 6.07) is 22.1. The molecule has 5 nitrogen and oxygen atoms in total. The van der Waals surface area contributed by atoms with Gasteiger partial charge in [0.2, 0.25) is 0 Å². The molecule has 5 heteroatoms. The Balaban J connectivity index is 1.76. The van der Waals surface area contributed by atoms with Crippen molar-refractivity contribution in [2.75, 3.05) is 5.73 Å². The van der Waals surface area contributed by atoms with Gasteiger partial charge < -0.3 is 10.3 Å². The summed E-state index contributed by atoms with van der Waals surface area (Å²) >= 11 is 0. The van der Waals surface area contributed by atoms with Crippen LogP contribution >= 0.6 is 0 Å². The first-order valence-corrected chi connectivity index (χ1v) is 7.43. The molecule has 0 spiro atoms. The van der Waals surface area contributed by atoms with Gasteiger partial charge in [0.1, 0.15) is 5.69 Å². The molecule has 24 heavy (non-hydrogen) atoms. The van der Waals surface area contributed by atoms with Crippen molar-refractivity contribution in [3.63, 3.8) is 0 Å². The molecule has 0 bridgehead atoms. The van der Waals surface area contributed by atoms with Crippen LogP contribution in [0.2, 0.25) is 0 Å². The molecular formula is C19H13N4O. The van der Waals surface area contributed by atoms with Crippen LogP contribution in [0.25, 0.3) is 34.0 Å². The highest BCUT2D eigenvalue weighted by molar-refractivity contribution is 5.72. The fraction of sp³-hybridized carbons (Fsp3) is 0. The van der Waals surface area contributed by atoms with Gasteiger partial charge in [0, 0.05) is 17.2 Å². The Morgan fingerprint density at radius 2 is 1.67 bits per heavy atom. The summed E-state index contributed by atoms with van der Waals surface area (Å²) in [4.78, 5) is 8.82. The van der Waals surface area contributed by atoms with Gasteiger partial charge in [-0.05, 0) is 6.07 Å². The van der Waals surface area contributed by atoms with Crippen LogP contribution in [0.1, 0.15) is 0 Å². The van der Waals surface area contributed by atoms with Crippen LogP contribution in [0.5, 0.6) is 0 Å². The van der Waals surface area contributed by atoms with Gasteiger partial charge in [-0.2, -0.15) is 0 Å². The summed E-state index contributed by atoms with van der Waals surface area (Å²) in [5, 5.41) is 4.10. The van der Waals surface area contributed by atoms with Crippen molar-refractivity contribution < 1.29 is 4.52 Å². The molecule has 0 saturated heterocycles. The summed E-state index contributed by atoms with van der Waals surface area (Å²) in [6.45, 7) is 0. The molecule has 115 valence electrons. The molecular weight excluding hydrogens is 300 g/mol. The number of hydrogen-bond donors (Lipinski definition) is 1. The van der Waals surface area contributed by atoms with E-state index in [0.29, 0.717) is 23.0 Å². The minimum Gasteiger partial charge on any atom is -0.382 e. The van der Waals surface area contributed by atoms with E-state index >= 15 is 0 Å². The second kappa shape index (κ2) is 5.96. The van der Waals surface area contributed by atoms with E-state index < -0.39 is 0 Å². The lowest BCUT2D eigenvalue weighted by atomic mass is 10.1. The average Bonchev–Trinajstić information content (AvgIpc) is 3.13. The lowest BCUT2D eigenvalue weighted by Crippen LogP contribution is -1.98. The van der Waals surface area contributed by atoms with E-state index in [1.165, 1.54) is 0 Å². The van der Waals surface area contributed by atoms with Crippen LogP contribution in [0.4, 0.5) is 5.82 Å². The third-order valence-corrected chi connectivity index (χ3v) is 3.63. The minimum absolute atomic E-state index is 0.303. The Morgan fingerprint density at radius 3 is 2.46 bits per heavy atom. The van der Waals surface area contributed by atoms with E-state index in [-0.39, 0.29) is 0 Å². The van der Waals surface area contributed by atoms with Gasteiger partial charge >= 0.3 is 0 Å². The Morgan fingerprint density at radius 1 is 0.917 bits per heavy atom. The number of anilines is 1.